The van der Waals surface area contributed by atoms with E-state index in [9.17, 15) is 9.18 Å². The van der Waals surface area contributed by atoms with Crippen molar-refractivity contribution >= 4 is 21.8 Å². The lowest BCUT2D eigenvalue weighted by Gasteiger charge is -2.17. The zero-order valence-electron chi connectivity index (χ0n) is 10.7. The van der Waals surface area contributed by atoms with E-state index in [-0.39, 0.29) is 23.6 Å². The first-order valence-corrected chi connectivity index (χ1v) is 7.33. The Morgan fingerprint density at radius 3 is 3.00 bits per heavy atom. The van der Waals surface area contributed by atoms with E-state index < -0.39 is 0 Å². The Kier molecular flexibility index (Phi) is 4.93. The number of hydrogen-bond acceptors (Lipinski definition) is 2. The SMILES string of the molecule is NCC1CCCC1C(=O)NCc1cc(F)ccc1Br. The second-order valence-electron chi connectivity index (χ2n) is 4.99. The van der Waals surface area contributed by atoms with Gasteiger partial charge in [-0.3, -0.25) is 4.79 Å². The lowest BCUT2D eigenvalue weighted by molar-refractivity contribution is -0.126. The summed E-state index contributed by atoms with van der Waals surface area (Å²) in [6, 6.07) is 4.46. The van der Waals surface area contributed by atoms with Crippen LogP contribution in [0.25, 0.3) is 0 Å². The highest BCUT2D eigenvalue weighted by atomic mass is 79.9. The molecule has 0 spiro atoms. The van der Waals surface area contributed by atoms with Crippen molar-refractivity contribution in [2.24, 2.45) is 17.6 Å². The van der Waals surface area contributed by atoms with Gasteiger partial charge in [0.25, 0.3) is 0 Å². The number of rotatable bonds is 4. The molecule has 1 fully saturated rings. The van der Waals surface area contributed by atoms with Crippen LogP contribution in [0.5, 0.6) is 0 Å². The van der Waals surface area contributed by atoms with E-state index in [2.05, 4.69) is 21.2 Å². The molecule has 1 aliphatic rings. The van der Waals surface area contributed by atoms with Gasteiger partial charge in [-0.2, -0.15) is 0 Å². The second-order valence-corrected chi connectivity index (χ2v) is 5.84. The summed E-state index contributed by atoms with van der Waals surface area (Å²) in [7, 11) is 0. The van der Waals surface area contributed by atoms with Gasteiger partial charge >= 0.3 is 0 Å². The summed E-state index contributed by atoms with van der Waals surface area (Å²) < 4.78 is 13.9. The van der Waals surface area contributed by atoms with Crippen LogP contribution in [0.4, 0.5) is 4.39 Å². The molecule has 0 heterocycles. The molecule has 1 aliphatic carbocycles. The van der Waals surface area contributed by atoms with E-state index >= 15 is 0 Å². The van der Waals surface area contributed by atoms with E-state index in [0.717, 1.165) is 29.3 Å². The van der Waals surface area contributed by atoms with Crippen molar-refractivity contribution in [1.29, 1.82) is 0 Å². The maximum atomic E-state index is 13.1. The van der Waals surface area contributed by atoms with Crippen molar-refractivity contribution in [3.8, 4) is 0 Å². The summed E-state index contributed by atoms with van der Waals surface area (Å²) in [6.45, 7) is 0.896. The van der Waals surface area contributed by atoms with Gasteiger partial charge in [-0.25, -0.2) is 4.39 Å². The van der Waals surface area contributed by atoms with Crippen molar-refractivity contribution < 1.29 is 9.18 Å². The molecule has 5 heteroatoms. The lowest BCUT2D eigenvalue weighted by Crippen LogP contribution is -2.34. The minimum Gasteiger partial charge on any atom is -0.352 e. The summed E-state index contributed by atoms with van der Waals surface area (Å²) in [4.78, 5) is 12.1. The Morgan fingerprint density at radius 1 is 1.47 bits per heavy atom. The second kappa shape index (κ2) is 6.48. The molecule has 104 valence electrons. The predicted octanol–water partition coefficient (Wildman–Crippen LogP) is 2.58. The first-order chi connectivity index (χ1) is 9.11. The fraction of sp³-hybridized carbons (Fsp3) is 0.500. The fourth-order valence-corrected chi connectivity index (χ4v) is 3.04. The van der Waals surface area contributed by atoms with Crippen LogP contribution in [-0.2, 0) is 11.3 Å². The lowest BCUT2D eigenvalue weighted by atomic mass is 9.95. The van der Waals surface area contributed by atoms with E-state index in [1.807, 2.05) is 0 Å². The van der Waals surface area contributed by atoms with Gasteiger partial charge in [0, 0.05) is 16.9 Å². The summed E-state index contributed by atoms with van der Waals surface area (Å²) in [6.07, 6.45) is 2.99. The number of amides is 1. The van der Waals surface area contributed by atoms with E-state index in [1.165, 1.54) is 12.1 Å². The van der Waals surface area contributed by atoms with Crippen LogP contribution in [0.3, 0.4) is 0 Å². The molecule has 3 nitrogen and oxygen atoms in total. The molecule has 1 aromatic carbocycles. The van der Waals surface area contributed by atoms with E-state index in [4.69, 9.17) is 5.73 Å². The molecule has 2 atom stereocenters. The molecule has 1 aromatic rings. The maximum Gasteiger partial charge on any atom is 0.223 e. The standard InChI is InChI=1S/C14H18BrFN2O/c15-13-5-4-11(16)6-10(13)8-18-14(19)12-3-1-2-9(12)7-17/h4-6,9,12H,1-3,7-8,17H2,(H,18,19). The highest BCUT2D eigenvalue weighted by molar-refractivity contribution is 9.10. The summed E-state index contributed by atoms with van der Waals surface area (Å²) in [5, 5.41) is 2.88. The predicted molar refractivity (Wildman–Crippen MR) is 75.8 cm³/mol. The number of carbonyl (C=O) groups excluding carboxylic acids is 1. The number of halogens is 2. The number of hydrogen-bond donors (Lipinski definition) is 2. The Labute approximate surface area is 120 Å². The zero-order valence-corrected chi connectivity index (χ0v) is 12.2. The third-order valence-corrected chi connectivity index (χ3v) is 4.53. The molecule has 1 saturated carbocycles. The van der Waals surface area contributed by atoms with Crippen molar-refractivity contribution in [2.75, 3.05) is 6.54 Å². The molecule has 0 saturated heterocycles. The molecule has 0 aliphatic heterocycles. The Bertz CT molecular complexity index is 467. The topological polar surface area (TPSA) is 55.1 Å². The van der Waals surface area contributed by atoms with Crippen LogP contribution in [0.2, 0.25) is 0 Å². The highest BCUT2D eigenvalue weighted by Crippen LogP contribution is 2.31. The Morgan fingerprint density at radius 2 is 2.26 bits per heavy atom. The first kappa shape index (κ1) is 14.5. The molecule has 0 aromatic heterocycles. The molecule has 19 heavy (non-hydrogen) atoms. The van der Waals surface area contributed by atoms with Crippen LogP contribution in [0, 0.1) is 17.7 Å². The number of benzene rings is 1. The van der Waals surface area contributed by atoms with E-state index in [0.29, 0.717) is 13.1 Å². The van der Waals surface area contributed by atoms with Crippen molar-refractivity contribution in [3.05, 3.63) is 34.1 Å². The van der Waals surface area contributed by atoms with Gasteiger partial charge in [-0.1, -0.05) is 22.4 Å². The quantitative estimate of drug-likeness (QED) is 0.892. The molecule has 2 rings (SSSR count). The van der Waals surface area contributed by atoms with Gasteiger partial charge in [0.05, 0.1) is 0 Å². The van der Waals surface area contributed by atoms with Crippen molar-refractivity contribution in [3.63, 3.8) is 0 Å². The average molecular weight is 329 g/mol. The number of nitrogens with one attached hydrogen (secondary N) is 1. The molecule has 2 unspecified atom stereocenters. The zero-order chi connectivity index (χ0) is 13.8. The molecule has 3 N–H and O–H groups in total. The highest BCUT2D eigenvalue weighted by Gasteiger charge is 2.31. The smallest absolute Gasteiger partial charge is 0.223 e. The Balaban J connectivity index is 1.95. The summed E-state index contributed by atoms with van der Waals surface area (Å²) >= 11 is 3.35. The molecular weight excluding hydrogens is 311 g/mol. The normalized spacial score (nSPS) is 22.5. The van der Waals surface area contributed by atoms with Crippen LogP contribution in [0.15, 0.2) is 22.7 Å². The van der Waals surface area contributed by atoms with Gasteiger partial charge in [-0.15, -0.1) is 0 Å². The van der Waals surface area contributed by atoms with Crippen LogP contribution in [0.1, 0.15) is 24.8 Å². The minimum absolute atomic E-state index is 0.0114. The van der Waals surface area contributed by atoms with Gasteiger partial charge in [0.15, 0.2) is 0 Å². The van der Waals surface area contributed by atoms with Crippen LogP contribution < -0.4 is 11.1 Å². The van der Waals surface area contributed by atoms with Gasteiger partial charge in [0.2, 0.25) is 5.91 Å². The fourth-order valence-electron chi connectivity index (χ4n) is 2.66. The molecular formula is C14H18BrFN2O. The van der Waals surface area contributed by atoms with Crippen LogP contribution >= 0.6 is 15.9 Å². The molecule has 0 bridgehead atoms. The van der Waals surface area contributed by atoms with Gasteiger partial charge < -0.3 is 11.1 Å². The van der Waals surface area contributed by atoms with E-state index in [1.54, 1.807) is 6.07 Å². The number of nitrogens with two attached hydrogens (primary N) is 1. The van der Waals surface area contributed by atoms with Crippen molar-refractivity contribution in [2.45, 2.75) is 25.8 Å². The first-order valence-electron chi connectivity index (χ1n) is 6.53. The average Bonchev–Trinajstić information content (AvgIpc) is 2.88. The Hall–Kier alpha value is -0.940. The van der Waals surface area contributed by atoms with Gasteiger partial charge in [0.1, 0.15) is 5.82 Å². The molecule has 0 radical (unpaired) electrons. The monoisotopic (exact) mass is 328 g/mol. The van der Waals surface area contributed by atoms with Gasteiger partial charge in [-0.05, 0) is 49.1 Å². The number of carbonyl (C=O) groups is 1. The minimum atomic E-state index is -0.298. The third kappa shape index (κ3) is 3.54. The van der Waals surface area contributed by atoms with Crippen molar-refractivity contribution in [1.82, 2.24) is 5.32 Å². The molecule has 1 amide bonds. The summed E-state index contributed by atoms with van der Waals surface area (Å²) in [5.41, 5.74) is 6.42. The maximum absolute atomic E-state index is 13.1. The van der Waals surface area contributed by atoms with Crippen LogP contribution in [-0.4, -0.2) is 12.5 Å². The largest absolute Gasteiger partial charge is 0.352 e. The third-order valence-electron chi connectivity index (χ3n) is 3.76. The summed E-state index contributed by atoms with van der Waals surface area (Å²) in [5.74, 6) is 0.0329.